The molecule has 0 unspecified atom stereocenters. The minimum Gasteiger partial charge on any atom is -0.469 e. The first-order valence-electron chi connectivity index (χ1n) is 11.6. The topological polar surface area (TPSA) is 108 Å². The van der Waals surface area contributed by atoms with Gasteiger partial charge in [-0.25, -0.2) is 14.3 Å². The molecule has 0 spiro atoms. The molecule has 5 heterocycles. The number of ether oxygens (including phenoxy) is 2. The van der Waals surface area contributed by atoms with Crippen molar-refractivity contribution in [2.45, 2.75) is 25.6 Å². The van der Waals surface area contributed by atoms with Crippen LogP contribution in [0.4, 0.5) is 11.6 Å². The molecule has 10 heteroatoms. The van der Waals surface area contributed by atoms with Crippen molar-refractivity contribution in [1.82, 2.24) is 29.6 Å². The van der Waals surface area contributed by atoms with Crippen molar-refractivity contribution in [3.63, 3.8) is 0 Å². The number of pyridine rings is 1. The maximum atomic E-state index is 13.2. The SMILES string of the molecule is C=CCn1c(=O)c2cnc(Nc3ccc4c(c3)CCNC4)nc2n1-c1cccc(OC2COC2)n1. The number of aromatic nitrogens is 5. The third-order valence-corrected chi connectivity index (χ3v) is 6.15. The zero-order valence-electron chi connectivity index (χ0n) is 19.1. The Morgan fingerprint density at radius 1 is 1.23 bits per heavy atom. The van der Waals surface area contributed by atoms with Crippen molar-refractivity contribution in [2.24, 2.45) is 0 Å². The van der Waals surface area contributed by atoms with Gasteiger partial charge in [-0.2, -0.15) is 9.97 Å². The van der Waals surface area contributed by atoms with Gasteiger partial charge in [0.1, 0.15) is 11.5 Å². The molecular weight excluding hydrogens is 446 g/mol. The predicted molar refractivity (Wildman–Crippen MR) is 131 cm³/mol. The molecule has 4 aromatic rings. The molecule has 0 radical (unpaired) electrons. The fraction of sp³-hybridized carbons (Fsp3) is 0.280. The molecule has 1 fully saturated rings. The molecule has 1 aromatic carbocycles. The first-order valence-corrected chi connectivity index (χ1v) is 11.6. The van der Waals surface area contributed by atoms with E-state index >= 15 is 0 Å². The van der Waals surface area contributed by atoms with Crippen LogP contribution in [0, 0.1) is 0 Å². The summed E-state index contributed by atoms with van der Waals surface area (Å²) in [5.41, 5.74) is 3.75. The lowest BCUT2D eigenvalue weighted by molar-refractivity contribution is -0.0813. The van der Waals surface area contributed by atoms with Crippen molar-refractivity contribution in [3.8, 4) is 11.7 Å². The third kappa shape index (κ3) is 4.07. The van der Waals surface area contributed by atoms with Crippen LogP contribution in [0.1, 0.15) is 11.1 Å². The molecule has 2 aliphatic rings. The van der Waals surface area contributed by atoms with E-state index in [9.17, 15) is 4.79 Å². The van der Waals surface area contributed by atoms with E-state index < -0.39 is 0 Å². The normalized spacial score (nSPS) is 15.4. The minimum absolute atomic E-state index is 0.0138. The number of hydrogen-bond donors (Lipinski definition) is 2. The smallest absolute Gasteiger partial charge is 0.278 e. The number of nitrogens with one attached hydrogen (secondary N) is 2. The van der Waals surface area contributed by atoms with Gasteiger partial charge in [0.25, 0.3) is 5.56 Å². The summed E-state index contributed by atoms with van der Waals surface area (Å²) in [5.74, 6) is 1.38. The summed E-state index contributed by atoms with van der Waals surface area (Å²) in [6.45, 7) is 7.02. The van der Waals surface area contributed by atoms with Crippen LogP contribution in [0.25, 0.3) is 16.9 Å². The van der Waals surface area contributed by atoms with E-state index in [1.165, 1.54) is 11.1 Å². The van der Waals surface area contributed by atoms with Gasteiger partial charge in [0.15, 0.2) is 11.5 Å². The van der Waals surface area contributed by atoms with Gasteiger partial charge in [0, 0.05) is 24.5 Å². The Kier molecular flexibility index (Phi) is 5.51. The van der Waals surface area contributed by atoms with Gasteiger partial charge in [0.05, 0.1) is 19.8 Å². The molecule has 6 rings (SSSR count). The zero-order valence-corrected chi connectivity index (χ0v) is 19.1. The Morgan fingerprint density at radius 3 is 2.97 bits per heavy atom. The average molecular weight is 472 g/mol. The van der Waals surface area contributed by atoms with E-state index in [2.05, 4.69) is 39.3 Å². The number of rotatable bonds is 7. The molecule has 178 valence electrons. The fourth-order valence-electron chi connectivity index (χ4n) is 4.33. The van der Waals surface area contributed by atoms with Crippen LogP contribution in [-0.2, 0) is 24.2 Å². The van der Waals surface area contributed by atoms with Gasteiger partial charge >= 0.3 is 0 Å². The van der Waals surface area contributed by atoms with Gasteiger partial charge in [0.2, 0.25) is 11.8 Å². The second-order valence-electron chi connectivity index (χ2n) is 8.57. The zero-order chi connectivity index (χ0) is 23.8. The van der Waals surface area contributed by atoms with E-state index in [-0.39, 0.29) is 11.7 Å². The largest absolute Gasteiger partial charge is 0.469 e. The van der Waals surface area contributed by atoms with E-state index in [1.54, 1.807) is 27.7 Å². The van der Waals surface area contributed by atoms with Crippen LogP contribution >= 0.6 is 0 Å². The number of allylic oxidation sites excluding steroid dienone is 1. The first-order chi connectivity index (χ1) is 17.2. The highest BCUT2D eigenvalue weighted by Gasteiger charge is 2.22. The average Bonchev–Trinajstić information content (AvgIpc) is 3.12. The van der Waals surface area contributed by atoms with Crippen molar-refractivity contribution < 1.29 is 9.47 Å². The van der Waals surface area contributed by atoms with E-state index in [1.807, 2.05) is 18.2 Å². The number of nitrogens with zero attached hydrogens (tertiary/aromatic N) is 5. The number of anilines is 2. The van der Waals surface area contributed by atoms with Gasteiger partial charge in [-0.3, -0.25) is 4.79 Å². The molecule has 2 aliphatic heterocycles. The predicted octanol–water partition coefficient (Wildman–Crippen LogP) is 2.33. The third-order valence-electron chi connectivity index (χ3n) is 6.15. The van der Waals surface area contributed by atoms with Crippen LogP contribution in [0.2, 0.25) is 0 Å². The van der Waals surface area contributed by atoms with Gasteiger partial charge in [-0.1, -0.05) is 18.2 Å². The monoisotopic (exact) mass is 471 g/mol. The first kappa shape index (κ1) is 21.5. The Hall–Kier alpha value is -4.02. The molecule has 0 bridgehead atoms. The second kappa shape index (κ2) is 8.97. The fourth-order valence-corrected chi connectivity index (χ4v) is 4.33. The summed E-state index contributed by atoms with van der Waals surface area (Å²) in [6.07, 6.45) is 4.18. The van der Waals surface area contributed by atoms with Gasteiger partial charge < -0.3 is 20.1 Å². The molecule has 0 saturated carbocycles. The van der Waals surface area contributed by atoms with Crippen molar-refractivity contribution >= 4 is 22.7 Å². The van der Waals surface area contributed by atoms with Crippen LogP contribution < -0.4 is 20.9 Å². The van der Waals surface area contributed by atoms with Crippen molar-refractivity contribution in [1.29, 1.82) is 0 Å². The quantitative estimate of drug-likeness (QED) is 0.396. The second-order valence-corrected chi connectivity index (χ2v) is 8.57. The van der Waals surface area contributed by atoms with E-state index in [0.717, 1.165) is 25.2 Å². The van der Waals surface area contributed by atoms with E-state index in [0.29, 0.717) is 48.4 Å². The molecule has 10 nitrogen and oxygen atoms in total. The van der Waals surface area contributed by atoms with Crippen LogP contribution in [-0.4, -0.2) is 50.2 Å². The Bertz CT molecular complexity index is 1470. The molecule has 35 heavy (non-hydrogen) atoms. The van der Waals surface area contributed by atoms with Crippen LogP contribution in [0.15, 0.2) is 60.0 Å². The number of fused-ring (bicyclic) bond motifs is 2. The lowest BCUT2D eigenvalue weighted by Gasteiger charge is -2.26. The van der Waals surface area contributed by atoms with E-state index in [4.69, 9.17) is 14.5 Å². The molecular formula is C25H25N7O3. The molecule has 0 aliphatic carbocycles. The Balaban J connectivity index is 1.40. The summed E-state index contributed by atoms with van der Waals surface area (Å²) < 4.78 is 14.3. The maximum Gasteiger partial charge on any atom is 0.278 e. The van der Waals surface area contributed by atoms with Gasteiger partial charge in [-0.05, 0) is 42.3 Å². The van der Waals surface area contributed by atoms with Crippen LogP contribution in [0.3, 0.4) is 0 Å². The molecule has 1 saturated heterocycles. The summed E-state index contributed by atoms with van der Waals surface area (Å²) in [7, 11) is 0. The molecule has 0 amide bonds. The summed E-state index contributed by atoms with van der Waals surface area (Å²) >= 11 is 0. The highest BCUT2D eigenvalue weighted by molar-refractivity contribution is 5.77. The summed E-state index contributed by atoms with van der Waals surface area (Å²) in [5, 5.41) is 7.07. The lowest BCUT2D eigenvalue weighted by atomic mass is 10.0. The Morgan fingerprint density at radius 2 is 2.14 bits per heavy atom. The minimum atomic E-state index is -0.215. The highest BCUT2D eigenvalue weighted by atomic mass is 16.6. The number of benzene rings is 1. The Labute approximate surface area is 201 Å². The molecule has 0 atom stereocenters. The summed E-state index contributed by atoms with van der Waals surface area (Å²) in [4.78, 5) is 26.9. The standard InChI is InChI=1S/C25H25N7O3/c1-2-10-31-24(33)20-13-27-25(28-18-7-6-17-12-26-9-8-16(17)11-18)30-23(20)32(31)21-4-3-5-22(29-21)35-19-14-34-15-19/h2-7,11,13,19,26H,1,8-10,12,14-15H2,(H,27,28,30). The number of hydrogen-bond acceptors (Lipinski definition) is 8. The van der Waals surface area contributed by atoms with Crippen molar-refractivity contribution in [2.75, 3.05) is 25.1 Å². The van der Waals surface area contributed by atoms with Crippen LogP contribution in [0.5, 0.6) is 5.88 Å². The maximum absolute atomic E-state index is 13.2. The lowest BCUT2D eigenvalue weighted by Crippen LogP contribution is -2.38. The molecule has 2 N–H and O–H groups in total. The van der Waals surface area contributed by atoms with Gasteiger partial charge in [-0.15, -0.1) is 6.58 Å². The molecule has 3 aromatic heterocycles. The van der Waals surface area contributed by atoms with Crippen molar-refractivity contribution in [3.05, 3.63) is 76.7 Å². The highest BCUT2D eigenvalue weighted by Crippen LogP contribution is 2.23. The summed E-state index contributed by atoms with van der Waals surface area (Å²) in [6, 6.07) is 11.7.